The van der Waals surface area contributed by atoms with Gasteiger partial charge in [0.2, 0.25) is 5.91 Å². The number of nitrogens with zero attached hydrogens (tertiary/aromatic N) is 1. The highest BCUT2D eigenvalue weighted by Gasteiger charge is 2.22. The molecule has 1 saturated heterocycles. The first kappa shape index (κ1) is 13.9. The third-order valence-corrected chi connectivity index (χ3v) is 3.96. The van der Waals surface area contributed by atoms with Gasteiger partial charge in [-0.25, -0.2) is 0 Å². The molecule has 0 bridgehead atoms. The number of hydrogen-bond acceptors (Lipinski definition) is 3. The fraction of sp³-hybridized carbons (Fsp3) is 0.353. The van der Waals surface area contributed by atoms with Gasteiger partial charge in [0.25, 0.3) is 0 Å². The molecular formula is C17H20N2O2. The first-order chi connectivity index (χ1) is 10.2. The van der Waals surface area contributed by atoms with E-state index < -0.39 is 0 Å². The molecule has 1 aromatic carbocycles. The highest BCUT2D eigenvalue weighted by Crippen LogP contribution is 2.27. The van der Waals surface area contributed by atoms with Crippen molar-refractivity contribution in [2.75, 3.05) is 13.1 Å². The maximum absolute atomic E-state index is 12.2. The van der Waals surface area contributed by atoms with Gasteiger partial charge in [-0.2, -0.15) is 0 Å². The van der Waals surface area contributed by atoms with E-state index in [1.54, 1.807) is 11.0 Å². The number of furan rings is 1. The van der Waals surface area contributed by atoms with Crippen molar-refractivity contribution in [3.8, 4) is 0 Å². The molecule has 2 N–H and O–H groups in total. The van der Waals surface area contributed by atoms with Crippen molar-refractivity contribution in [3.05, 3.63) is 41.7 Å². The van der Waals surface area contributed by atoms with Gasteiger partial charge in [0.1, 0.15) is 11.3 Å². The van der Waals surface area contributed by atoms with Gasteiger partial charge in [0.15, 0.2) is 0 Å². The molecular weight excluding hydrogens is 264 g/mol. The fourth-order valence-electron chi connectivity index (χ4n) is 2.81. The zero-order valence-electron chi connectivity index (χ0n) is 12.2. The summed E-state index contributed by atoms with van der Waals surface area (Å²) >= 11 is 0. The summed E-state index contributed by atoms with van der Waals surface area (Å²) < 4.78 is 5.83. The number of benzene rings is 1. The average Bonchev–Trinajstić information content (AvgIpc) is 3.08. The van der Waals surface area contributed by atoms with Gasteiger partial charge < -0.3 is 15.1 Å². The minimum absolute atomic E-state index is 0.0234. The van der Waals surface area contributed by atoms with Gasteiger partial charge in [0, 0.05) is 42.6 Å². The van der Waals surface area contributed by atoms with E-state index in [-0.39, 0.29) is 11.9 Å². The lowest BCUT2D eigenvalue weighted by atomic mass is 10.1. The van der Waals surface area contributed by atoms with E-state index in [9.17, 15) is 4.79 Å². The van der Waals surface area contributed by atoms with Crippen molar-refractivity contribution in [1.29, 1.82) is 0 Å². The predicted octanol–water partition coefficient (Wildman–Crippen LogP) is 2.57. The Balaban J connectivity index is 1.87. The Morgan fingerprint density at radius 1 is 1.48 bits per heavy atom. The Morgan fingerprint density at radius 2 is 2.29 bits per heavy atom. The molecule has 0 radical (unpaired) electrons. The number of amides is 1. The molecule has 4 heteroatoms. The summed E-state index contributed by atoms with van der Waals surface area (Å²) in [7, 11) is 0. The van der Waals surface area contributed by atoms with Crippen molar-refractivity contribution < 1.29 is 9.21 Å². The Hall–Kier alpha value is -2.07. The topological polar surface area (TPSA) is 59.5 Å². The quantitative estimate of drug-likeness (QED) is 0.881. The van der Waals surface area contributed by atoms with Crippen LogP contribution in [0.15, 0.2) is 34.8 Å². The molecule has 0 spiro atoms. The number of rotatable bonds is 3. The molecule has 110 valence electrons. The number of fused-ring (bicyclic) bond motifs is 1. The summed E-state index contributed by atoms with van der Waals surface area (Å²) in [6.07, 6.45) is 5.19. The van der Waals surface area contributed by atoms with E-state index in [0.717, 1.165) is 41.7 Å². The third kappa shape index (κ3) is 2.72. The van der Waals surface area contributed by atoms with Gasteiger partial charge >= 0.3 is 0 Å². The van der Waals surface area contributed by atoms with Crippen LogP contribution in [0, 0.1) is 0 Å². The summed E-state index contributed by atoms with van der Waals surface area (Å²) in [4.78, 5) is 14.0. The summed E-state index contributed by atoms with van der Waals surface area (Å²) in [5.74, 6) is 0.939. The van der Waals surface area contributed by atoms with Gasteiger partial charge in [-0.3, -0.25) is 4.79 Å². The van der Waals surface area contributed by atoms with Gasteiger partial charge in [0.05, 0.1) is 0 Å². The predicted molar refractivity (Wildman–Crippen MR) is 83.8 cm³/mol. The van der Waals surface area contributed by atoms with Crippen molar-refractivity contribution in [2.24, 2.45) is 5.73 Å². The second-order valence-electron chi connectivity index (χ2n) is 5.45. The standard InChI is InChI=1S/C17H20N2O2/c1-2-15-14(13-5-3-4-6-16(13)21-15)7-8-17(20)19-10-9-12(18)11-19/h3-8,12H,2,9-11,18H2,1H3. The van der Waals surface area contributed by atoms with Crippen LogP contribution in [0.1, 0.15) is 24.7 Å². The molecule has 1 amide bonds. The van der Waals surface area contributed by atoms with E-state index in [1.807, 2.05) is 30.3 Å². The number of para-hydroxylation sites is 1. The molecule has 1 atom stereocenters. The number of carbonyl (C=O) groups is 1. The molecule has 0 saturated carbocycles. The number of likely N-dealkylation sites (tertiary alicyclic amines) is 1. The number of carbonyl (C=O) groups excluding carboxylic acids is 1. The Bertz CT molecular complexity index is 687. The summed E-state index contributed by atoms with van der Waals surface area (Å²) in [6, 6.07) is 8.02. The van der Waals surface area contributed by atoms with Crippen molar-refractivity contribution in [3.63, 3.8) is 0 Å². The van der Waals surface area contributed by atoms with E-state index in [1.165, 1.54) is 0 Å². The molecule has 2 aromatic rings. The molecule has 3 rings (SSSR count). The minimum Gasteiger partial charge on any atom is -0.460 e. The molecule has 1 aliphatic heterocycles. The SMILES string of the molecule is CCc1oc2ccccc2c1C=CC(=O)N1CCC(N)C1. The van der Waals surface area contributed by atoms with Crippen LogP contribution in [0.2, 0.25) is 0 Å². The van der Waals surface area contributed by atoms with Gasteiger partial charge in [-0.1, -0.05) is 25.1 Å². The second-order valence-corrected chi connectivity index (χ2v) is 5.45. The van der Waals surface area contributed by atoms with Crippen LogP contribution in [0.3, 0.4) is 0 Å². The smallest absolute Gasteiger partial charge is 0.246 e. The van der Waals surface area contributed by atoms with Gasteiger partial charge in [-0.05, 0) is 18.6 Å². The first-order valence-corrected chi connectivity index (χ1v) is 7.42. The largest absolute Gasteiger partial charge is 0.460 e. The Morgan fingerprint density at radius 3 is 3.00 bits per heavy atom. The molecule has 1 aromatic heterocycles. The van der Waals surface area contributed by atoms with Crippen LogP contribution < -0.4 is 5.73 Å². The zero-order valence-corrected chi connectivity index (χ0v) is 12.2. The number of aryl methyl sites for hydroxylation is 1. The fourth-order valence-corrected chi connectivity index (χ4v) is 2.81. The van der Waals surface area contributed by atoms with E-state index in [2.05, 4.69) is 6.92 Å². The number of hydrogen-bond donors (Lipinski definition) is 1. The highest BCUT2D eigenvalue weighted by molar-refractivity contribution is 5.96. The van der Waals surface area contributed by atoms with Crippen LogP contribution in [-0.2, 0) is 11.2 Å². The molecule has 4 nitrogen and oxygen atoms in total. The maximum atomic E-state index is 12.2. The molecule has 1 unspecified atom stereocenters. The highest BCUT2D eigenvalue weighted by atomic mass is 16.3. The van der Waals surface area contributed by atoms with Crippen LogP contribution in [0.25, 0.3) is 17.0 Å². The van der Waals surface area contributed by atoms with Crippen LogP contribution in [0.4, 0.5) is 0 Å². The van der Waals surface area contributed by atoms with Crippen LogP contribution >= 0.6 is 0 Å². The normalized spacial score (nSPS) is 19.0. The maximum Gasteiger partial charge on any atom is 0.246 e. The average molecular weight is 284 g/mol. The lowest BCUT2D eigenvalue weighted by Crippen LogP contribution is -2.30. The Labute approximate surface area is 124 Å². The van der Waals surface area contributed by atoms with Crippen LogP contribution in [0.5, 0.6) is 0 Å². The summed E-state index contributed by atoms with van der Waals surface area (Å²) in [5.41, 5.74) is 7.71. The summed E-state index contributed by atoms with van der Waals surface area (Å²) in [5, 5.41) is 1.05. The first-order valence-electron chi connectivity index (χ1n) is 7.42. The third-order valence-electron chi connectivity index (χ3n) is 3.96. The van der Waals surface area contributed by atoms with E-state index in [0.29, 0.717) is 6.54 Å². The van der Waals surface area contributed by atoms with Crippen molar-refractivity contribution in [2.45, 2.75) is 25.8 Å². The second kappa shape index (κ2) is 5.74. The number of nitrogens with two attached hydrogens (primary N) is 1. The Kier molecular flexibility index (Phi) is 3.80. The molecule has 2 heterocycles. The van der Waals surface area contributed by atoms with Crippen LogP contribution in [-0.4, -0.2) is 29.9 Å². The monoisotopic (exact) mass is 284 g/mol. The zero-order chi connectivity index (χ0) is 14.8. The summed E-state index contributed by atoms with van der Waals surface area (Å²) in [6.45, 7) is 3.45. The molecule has 1 aliphatic rings. The van der Waals surface area contributed by atoms with Crippen molar-refractivity contribution >= 4 is 23.0 Å². The molecule has 21 heavy (non-hydrogen) atoms. The molecule has 1 fully saturated rings. The van der Waals surface area contributed by atoms with E-state index in [4.69, 9.17) is 10.2 Å². The minimum atomic E-state index is 0.0234. The van der Waals surface area contributed by atoms with E-state index >= 15 is 0 Å². The molecule has 0 aliphatic carbocycles. The lowest BCUT2D eigenvalue weighted by Gasteiger charge is -2.12. The van der Waals surface area contributed by atoms with Gasteiger partial charge in [-0.15, -0.1) is 0 Å². The van der Waals surface area contributed by atoms with Crippen molar-refractivity contribution in [1.82, 2.24) is 4.90 Å². The lowest BCUT2D eigenvalue weighted by molar-refractivity contribution is -0.124.